The number of ether oxygens (including phenoxy) is 1. The first kappa shape index (κ1) is 17.5. The fraction of sp³-hybridized carbons (Fsp3) is 0.636. The van der Waals surface area contributed by atoms with E-state index in [0.717, 1.165) is 17.8 Å². The quantitative estimate of drug-likeness (QED) is 0.561. The third-order valence-electron chi connectivity index (χ3n) is 6.35. The molecule has 0 spiro atoms. The fourth-order valence-corrected chi connectivity index (χ4v) is 4.99. The average Bonchev–Trinajstić information content (AvgIpc) is 2.61. The highest BCUT2D eigenvalue weighted by molar-refractivity contribution is 5.31. The van der Waals surface area contributed by atoms with Crippen LogP contribution in [-0.4, -0.2) is 7.11 Å². The van der Waals surface area contributed by atoms with Crippen molar-refractivity contribution in [2.45, 2.75) is 64.2 Å². The van der Waals surface area contributed by atoms with Crippen LogP contribution in [0, 0.1) is 23.6 Å². The monoisotopic (exact) mass is 330 g/mol. The van der Waals surface area contributed by atoms with Gasteiger partial charge in [-0.3, -0.25) is 0 Å². The van der Waals surface area contributed by atoms with E-state index < -0.39 is 0 Å². The second kappa shape index (κ2) is 8.18. The molecule has 2 heteroatoms. The summed E-state index contributed by atoms with van der Waals surface area (Å²) < 4.78 is 19.1. The van der Waals surface area contributed by atoms with Crippen molar-refractivity contribution in [1.82, 2.24) is 0 Å². The van der Waals surface area contributed by atoms with Crippen LogP contribution >= 0.6 is 0 Å². The van der Waals surface area contributed by atoms with Gasteiger partial charge in [0, 0.05) is 0 Å². The third-order valence-corrected chi connectivity index (χ3v) is 6.35. The van der Waals surface area contributed by atoms with Gasteiger partial charge in [0.25, 0.3) is 0 Å². The summed E-state index contributed by atoms with van der Waals surface area (Å²) in [4.78, 5) is 0. The largest absolute Gasteiger partial charge is 0.494 e. The SMILES string of the molecule is CC=CCC[C@@H]1CC[C@@H]2CC(c3ccc(OC)c(F)c3)CC[C@@H]2C1. The van der Waals surface area contributed by atoms with Crippen molar-refractivity contribution in [2.75, 3.05) is 7.11 Å². The molecule has 0 heterocycles. The summed E-state index contributed by atoms with van der Waals surface area (Å²) in [5, 5.41) is 0. The van der Waals surface area contributed by atoms with Crippen LogP contribution in [0.4, 0.5) is 4.39 Å². The van der Waals surface area contributed by atoms with Crippen LogP contribution < -0.4 is 4.74 Å². The second-order valence-electron chi connectivity index (χ2n) is 7.75. The molecule has 1 aromatic rings. The normalized spacial score (nSPS) is 30.3. The Labute approximate surface area is 146 Å². The summed E-state index contributed by atoms with van der Waals surface area (Å²) >= 11 is 0. The topological polar surface area (TPSA) is 9.23 Å². The average molecular weight is 330 g/mol. The number of allylic oxidation sites excluding steroid dienone is 2. The van der Waals surface area contributed by atoms with Gasteiger partial charge < -0.3 is 4.74 Å². The lowest BCUT2D eigenvalue weighted by Crippen LogP contribution is -2.30. The zero-order chi connectivity index (χ0) is 16.9. The van der Waals surface area contributed by atoms with Gasteiger partial charge in [-0.1, -0.05) is 24.6 Å². The molecule has 1 nitrogen and oxygen atoms in total. The highest BCUT2D eigenvalue weighted by Gasteiger charge is 2.35. The van der Waals surface area contributed by atoms with Crippen LogP contribution in [0.1, 0.15) is 69.8 Å². The lowest BCUT2D eigenvalue weighted by atomic mass is 9.63. The summed E-state index contributed by atoms with van der Waals surface area (Å²) in [6.07, 6.45) is 15.1. The second-order valence-corrected chi connectivity index (χ2v) is 7.75. The molecular weight excluding hydrogens is 299 g/mol. The molecule has 0 radical (unpaired) electrons. The van der Waals surface area contributed by atoms with Crippen molar-refractivity contribution >= 4 is 0 Å². The smallest absolute Gasteiger partial charge is 0.165 e. The maximum atomic E-state index is 14.0. The van der Waals surface area contributed by atoms with Crippen LogP contribution in [0.3, 0.4) is 0 Å². The summed E-state index contributed by atoms with van der Waals surface area (Å²) in [6, 6.07) is 5.55. The molecule has 132 valence electrons. The van der Waals surface area contributed by atoms with E-state index in [0.29, 0.717) is 11.7 Å². The van der Waals surface area contributed by atoms with E-state index >= 15 is 0 Å². The van der Waals surface area contributed by atoms with Crippen molar-refractivity contribution in [3.8, 4) is 5.75 Å². The Hall–Kier alpha value is -1.31. The molecule has 2 aliphatic rings. The molecule has 4 atom stereocenters. The molecule has 2 aliphatic carbocycles. The Morgan fingerprint density at radius 3 is 2.67 bits per heavy atom. The van der Waals surface area contributed by atoms with E-state index in [4.69, 9.17) is 4.74 Å². The predicted octanol–water partition coefficient (Wildman–Crippen LogP) is 6.49. The standard InChI is InChI=1S/C22H31FO/c1-3-4-5-6-16-7-8-18-14-19(10-9-17(18)13-16)20-11-12-22(24-2)21(23)15-20/h3-4,11-12,15-19H,5-10,13-14H2,1-2H3/t16-,17-,18-,19?/m1/s1. The van der Waals surface area contributed by atoms with Gasteiger partial charge in [0.1, 0.15) is 0 Å². The molecule has 0 aromatic heterocycles. The number of halogens is 1. The molecule has 0 bridgehead atoms. The minimum absolute atomic E-state index is 0.218. The van der Waals surface area contributed by atoms with E-state index in [1.165, 1.54) is 64.0 Å². The minimum Gasteiger partial charge on any atom is -0.494 e. The van der Waals surface area contributed by atoms with Gasteiger partial charge in [0.2, 0.25) is 0 Å². The van der Waals surface area contributed by atoms with Crippen LogP contribution in [0.2, 0.25) is 0 Å². The van der Waals surface area contributed by atoms with Gasteiger partial charge in [-0.05, 0) is 93.2 Å². The fourth-order valence-electron chi connectivity index (χ4n) is 4.99. The van der Waals surface area contributed by atoms with E-state index in [1.54, 1.807) is 12.1 Å². The Kier molecular flexibility index (Phi) is 5.97. The minimum atomic E-state index is -0.218. The zero-order valence-electron chi connectivity index (χ0n) is 15.1. The molecular formula is C22H31FO. The third kappa shape index (κ3) is 4.02. The van der Waals surface area contributed by atoms with Crippen molar-refractivity contribution in [2.24, 2.45) is 17.8 Å². The van der Waals surface area contributed by atoms with Gasteiger partial charge >= 0.3 is 0 Å². The molecule has 3 rings (SSSR count). The Morgan fingerprint density at radius 2 is 1.92 bits per heavy atom. The van der Waals surface area contributed by atoms with Gasteiger partial charge in [-0.25, -0.2) is 4.39 Å². The molecule has 1 unspecified atom stereocenters. The Morgan fingerprint density at radius 1 is 1.12 bits per heavy atom. The first-order valence-corrected chi connectivity index (χ1v) is 9.65. The molecule has 2 saturated carbocycles. The summed E-state index contributed by atoms with van der Waals surface area (Å²) in [5.41, 5.74) is 1.17. The number of fused-ring (bicyclic) bond motifs is 1. The molecule has 0 amide bonds. The summed E-state index contributed by atoms with van der Waals surface area (Å²) in [5.74, 6) is 3.36. The van der Waals surface area contributed by atoms with E-state index in [2.05, 4.69) is 25.1 Å². The van der Waals surface area contributed by atoms with Crippen molar-refractivity contribution in [1.29, 1.82) is 0 Å². The molecule has 24 heavy (non-hydrogen) atoms. The van der Waals surface area contributed by atoms with Crippen LogP contribution in [0.25, 0.3) is 0 Å². The van der Waals surface area contributed by atoms with Gasteiger partial charge in [-0.15, -0.1) is 0 Å². The number of hydrogen-bond donors (Lipinski definition) is 0. The Balaban J connectivity index is 1.57. The zero-order valence-corrected chi connectivity index (χ0v) is 15.1. The summed E-state index contributed by atoms with van der Waals surface area (Å²) in [6.45, 7) is 2.11. The van der Waals surface area contributed by atoms with Crippen LogP contribution in [0.15, 0.2) is 30.4 Å². The number of hydrogen-bond acceptors (Lipinski definition) is 1. The first-order valence-electron chi connectivity index (χ1n) is 9.65. The predicted molar refractivity (Wildman–Crippen MR) is 97.9 cm³/mol. The van der Waals surface area contributed by atoms with Gasteiger partial charge in [0.05, 0.1) is 7.11 Å². The number of methoxy groups -OCH3 is 1. The van der Waals surface area contributed by atoms with E-state index in [-0.39, 0.29) is 5.82 Å². The van der Waals surface area contributed by atoms with Gasteiger partial charge in [-0.2, -0.15) is 0 Å². The van der Waals surface area contributed by atoms with E-state index in [1.807, 2.05) is 0 Å². The Bertz CT molecular complexity index is 565. The lowest BCUT2D eigenvalue weighted by Gasteiger charge is -2.42. The highest BCUT2D eigenvalue weighted by Crippen LogP contribution is 2.48. The maximum absolute atomic E-state index is 14.0. The van der Waals surface area contributed by atoms with Crippen molar-refractivity contribution < 1.29 is 9.13 Å². The van der Waals surface area contributed by atoms with E-state index in [9.17, 15) is 4.39 Å². The van der Waals surface area contributed by atoms with Crippen molar-refractivity contribution in [3.05, 3.63) is 41.7 Å². The maximum Gasteiger partial charge on any atom is 0.165 e. The number of rotatable bonds is 5. The van der Waals surface area contributed by atoms with Crippen LogP contribution in [-0.2, 0) is 0 Å². The van der Waals surface area contributed by atoms with Gasteiger partial charge in [0.15, 0.2) is 11.6 Å². The number of benzene rings is 1. The molecule has 0 aliphatic heterocycles. The highest BCUT2D eigenvalue weighted by atomic mass is 19.1. The van der Waals surface area contributed by atoms with Crippen molar-refractivity contribution in [3.63, 3.8) is 0 Å². The molecule has 1 aromatic carbocycles. The summed E-state index contributed by atoms with van der Waals surface area (Å²) in [7, 11) is 1.53. The van der Waals surface area contributed by atoms with Crippen LogP contribution in [0.5, 0.6) is 5.75 Å². The lowest BCUT2D eigenvalue weighted by molar-refractivity contribution is 0.115. The molecule has 0 saturated heterocycles. The molecule has 2 fully saturated rings. The first-order chi connectivity index (χ1) is 11.7. The molecule has 0 N–H and O–H groups in total.